The minimum atomic E-state index is -0.825. The summed E-state index contributed by atoms with van der Waals surface area (Å²) in [5.41, 5.74) is 0. The van der Waals surface area contributed by atoms with Crippen LogP contribution in [-0.4, -0.2) is 33.2 Å². The van der Waals surface area contributed by atoms with Crippen molar-refractivity contribution in [3.05, 3.63) is 18.3 Å². The molecule has 0 amide bonds. The van der Waals surface area contributed by atoms with Crippen LogP contribution in [0.2, 0.25) is 4.44 Å². The third kappa shape index (κ3) is 3.54. The van der Waals surface area contributed by atoms with Gasteiger partial charge in [0, 0.05) is 0 Å². The summed E-state index contributed by atoms with van der Waals surface area (Å²) >= 11 is -0.825. The third-order valence-electron chi connectivity index (χ3n) is 2.09. The second-order valence-electron chi connectivity index (χ2n) is 3.11. The van der Waals surface area contributed by atoms with Crippen LogP contribution in [0.1, 0.15) is 19.8 Å². The molecule has 3 heteroatoms. The van der Waals surface area contributed by atoms with Gasteiger partial charge in [-0.15, -0.1) is 0 Å². The van der Waals surface area contributed by atoms with Gasteiger partial charge >= 0.3 is 90.0 Å². The van der Waals surface area contributed by atoms with Gasteiger partial charge in [-0.3, -0.25) is 0 Å². The van der Waals surface area contributed by atoms with Gasteiger partial charge in [-0.05, 0) is 0 Å². The summed E-state index contributed by atoms with van der Waals surface area (Å²) < 4.78 is 7.97. The first-order valence-electron chi connectivity index (χ1n) is 4.86. The fraction of sp³-hybridized carbons (Fsp3) is 0.500. The van der Waals surface area contributed by atoms with Crippen molar-refractivity contribution in [3.8, 4) is 5.75 Å². The van der Waals surface area contributed by atoms with E-state index >= 15 is 0 Å². The van der Waals surface area contributed by atoms with Gasteiger partial charge in [-0.2, -0.15) is 0 Å². The number of methoxy groups -OCH3 is 1. The van der Waals surface area contributed by atoms with Crippen molar-refractivity contribution < 1.29 is 4.74 Å². The van der Waals surface area contributed by atoms with Crippen LogP contribution in [-0.2, 0) is 0 Å². The molecule has 0 unspecified atom stereocenters. The number of nitrogens with zero attached hydrogens (tertiary/aromatic N) is 1. The van der Waals surface area contributed by atoms with Gasteiger partial charge in [0.1, 0.15) is 0 Å². The monoisotopic (exact) mass is 287 g/mol. The number of unbranched alkanes of at least 4 members (excludes halogenated alkanes) is 1. The summed E-state index contributed by atoms with van der Waals surface area (Å²) in [6, 6.07) is 3.96. The minimum absolute atomic E-state index is 0.825. The first kappa shape index (κ1) is 10.8. The third-order valence-corrected chi connectivity index (χ3v) is 7.39. The zero-order chi connectivity index (χ0) is 9.52. The fourth-order valence-corrected chi connectivity index (χ4v) is 6.56. The van der Waals surface area contributed by atoms with Crippen LogP contribution in [0.15, 0.2) is 18.3 Å². The van der Waals surface area contributed by atoms with Crippen molar-refractivity contribution in [1.29, 1.82) is 0 Å². The van der Waals surface area contributed by atoms with Crippen LogP contribution in [0.3, 0.4) is 0 Å². The Morgan fingerprint density at radius 3 is 3.08 bits per heavy atom. The summed E-state index contributed by atoms with van der Waals surface area (Å²) in [5.74, 6) is 1.01. The summed E-state index contributed by atoms with van der Waals surface area (Å²) in [6.07, 6.45) is 4.53. The second-order valence-corrected chi connectivity index (χ2v) is 8.47. The molecule has 0 aromatic carbocycles. The van der Waals surface area contributed by atoms with E-state index in [1.807, 2.05) is 18.3 Å². The predicted molar refractivity (Wildman–Crippen MR) is 58.7 cm³/mol. The average Bonchev–Trinajstić information content (AvgIpc) is 2.19. The molecule has 0 saturated carbocycles. The maximum atomic E-state index is 5.27. The number of hydrogen-bond donors (Lipinski definition) is 0. The van der Waals surface area contributed by atoms with E-state index in [1.54, 1.807) is 7.11 Å². The summed E-state index contributed by atoms with van der Waals surface area (Å²) in [7, 11) is 1.73. The molecule has 0 bridgehead atoms. The van der Waals surface area contributed by atoms with Crippen LogP contribution < -0.4 is 8.45 Å². The van der Waals surface area contributed by atoms with E-state index in [1.165, 1.54) is 21.0 Å². The van der Waals surface area contributed by atoms with Gasteiger partial charge in [0.15, 0.2) is 0 Å². The van der Waals surface area contributed by atoms with E-state index in [0.29, 0.717) is 0 Å². The van der Waals surface area contributed by atoms with Crippen LogP contribution in [0, 0.1) is 0 Å². The van der Waals surface area contributed by atoms with Gasteiger partial charge < -0.3 is 0 Å². The molecule has 0 fully saturated rings. The Morgan fingerprint density at radius 1 is 1.54 bits per heavy atom. The molecule has 0 spiro atoms. The SMILES string of the molecule is CCC[CH2][SnH2][c]1ncccc1OC. The first-order valence-corrected chi connectivity index (χ1v) is 9.73. The van der Waals surface area contributed by atoms with Crippen LogP contribution >= 0.6 is 0 Å². The number of rotatable bonds is 5. The van der Waals surface area contributed by atoms with Crippen molar-refractivity contribution in [2.75, 3.05) is 7.11 Å². The Balaban J connectivity index is 2.54. The Labute approximate surface area is 89.9 Å². The quantitative estimate of drug-likeness (QED) is 0.597. The molecule has 1 rings (SSSR count). The number of hydrogen-bond acceptors (Lipinski definition) is 2. The van der Waals surface area contributed by atoms with Crippen molar-refractivity contribution in [2.24, 2.45) is 0 Å². The van der Waals surface area contributed by atoms with Crippen LogP contribution in [0.5, 0.6) is 5.75 Å². The molecule has 0 N–H and O–H groups in total. The van der Waals surface area contributed by atoms with Gasteiger partial charge in [-0.25, -0.2) is 0 Å². The average molecular weight is 286 g/mol. The number of ether oxygens (including phenoxy) is 1. The van der Waals surface area contributed by atoms with Gasteiger partial charge in [0.25, 0.3) is 0 Å². The van der Waals surface area contributed by atoms with E-state index in [9.17, 15) is 0 Å². The molecule has 2 nitrogen and oxygen atoms in total. The summed E-state index contributed by atoms with van der Waals surface area (Å²) in [5, 5.41) is 0. The molecule has 72 valence electrons. The van der Waals surface area contributed by atoms with Gasteiger partial charge in [0.05, 0.1) is 0 Å². The first-order chi connectivity index (χ1) is 6.38. The van der Waals surface area contributed by atoms with Crippen molar-refractivity contribution in [1.82, 2.24) is 4.98 Å². The van der Waals surface area contributed by atoms with Crippen molar-refractivity contribution >= 4 is 24.9 Å². The zero-order valence-electron chi connectivity index (χ0n) is 8.42. The Kier molecular flexibility index (Phi) is 5.20. The van der Waals surface area contributed by atoms with E-state index in [-0.39, 0.29) is 0 Å². The van der Waals surface area contributed by atoms with Gasteiger partial charge in [0.2, 0.25) is 0 Å². The summed E-state index contributed by atoms with van der Waals surface area (Å²) in [6.45, 7) is 2.24. The molecular weight excluding hydrogens is 269 g/mol. The van der Waals surface area contributed by atoms with Crippen molar-refractivity contribution in [3.63, 3.8) is 0 Å². The number of aromatic nitrogens is 1. The molecular formula is C10H17NOSn. The second kappa shape index (κ2) is 6.24. The number of pyridine rings is 1. The molecule has 1 heterocycles. The van der Waals surface area contributed by atoms with E-state index in [4.69, 9.17) is 4.74 Å². The molecule has 0 aliphatic carbocycles. The molecule has 0 aliphatic heterocycles. The standard InChI is InChI=1S/C6H6NO.C4H9.Sn.2H/c1-8-6-3-2-4-7-5-6;1-3-4-2;;;/h2-4H,1H3;1,3-4H2,2H3;;;. The summed E-state index contributed by atoms with van der Waals surface area (Å²) in [4.78, 5) is 4.39. The Hall–Kier alpha value is -0.251. The van der Waals surface area contributed by atoms with Crippen LogP contribution in [0.25, 0.3) is 0 Å². The van der Waals surface area contributed by atoms with Crippen LogP contribution in [0.4, 0.5) is 0 Å². The molecule has 13 heavy (non-hydrogen) atoms. The zero-order valence-corrected chi connectivity index (χ0v) is 12.5. The molecule has 1 aromatic rings. The van der Waals surface area contributed by atoms with Gasteiger partial charge in [-0.1, -0.05) is 0 Å². The topological polar surface area (TPSA) is 22.1 Å². The maximum absolute atomic E-state index is 5.27. The Morgan fingerprint density at radius 2 is 2.38 bits per heavy atom. The van der Waals surface area contributed by atoms with E-state index in [0.717, 1.165) is 5.75 Å². The molecule has 1 aromatic heterocycles. The molecule has 0 aliphatic rings. The molecule has 0 atom stereocenters. The predicted octanol–water partition coefficient (Wildman–Crippen LogP) is 1.10. The Bertz CT molecular complexity index is 252. The van der Waals surface area contributed by atoms with E-state index < -0.39 is 21.1 Å². The van der Waals surface area contributed by atoms with Crippen molar-refractivity contribution in [2.45, 2.75) is 24.2 Å². The normalized spacial score (nSPS) is 10.9. The fourth-order valence-electron chi connectivity index (χ4n) is 1.34. The molecule has 0 saturated heterocycles. The van der Waals surface area contributed by atoms with E-state index in [2.05, 4.69) is 11.9 Å². The molecule has 0 radical (unpaired) electrons.